The van der Waals surface area contributed by atoms with Crippen molar-refractivity contribution in [3.05, 3.63) is 35.9 Å². The van der Waals surface area contributed by atoms with Crippen molar-refractivity contribution in [3.63, 3.8) is 0 Å². The van der Waals surface area contributed by atoms with Gasteiger partial charge in [0.2, 0.25) is 0 Å². The summed E-state index contributed by atoms with van der Waals surface area (Å²) in [6, 6.07) is 8.93. The van der Waals surface area contributed by atoms with Gasteiger partial charge in [-0.2, -0.15) is 13.2 Å². The Morgan fingerprint density at radius 2 is 1.81 bits per heavy atom. The summed E-state index contributed by atoms with van der Waals surface area (Å²) < 4.78 is 39.8. The molecule has 0 aromatic heterocycles. The molecule has 0 heterocycles. The van der Waals surface area contributed by atoms with Crippen LogP contribution in [0.15, 0.2) is 30.3 Å². The van der Waals surface area contributed by atoms with Gasteiger partial charge in [0.1, 0.15) is 6.61 Å². The Labute approximate surface area is 92.2 Å². The van der Waals surface area contributed by atoms with E-state index >= 15 is 0 Å². The van der Waals surface area contributed by atoms with Crippen molar-refractivity contribution in [2.24, 2.45) is 5.73 Å². The molecule has 1 aromatic carbocycles. The standard InChI is InChI=1S/C11H14F3NO/c12-11(13,14)8-16-7-10(15)6-9-4-2-1-3-5-9/h1-5,10H,6-8,15H2. The van der Waals surface area contributed by atoms with Gasteiger partial charge in [-0.05, 0) is 12.0 Å². The minimum absolute atomic E-state index is 0.0889. The van der Waals surface area contributed by atoms with E-state index in [1.165, 1.54) is 0 Å². The number of hydrogen-bond acceptors (Lipinski definition) is 2. The van der Waals surface area contributed by atoms with Gasteiger partial charge in [-0.3, -0.25) is 0 Å². The van der Waals surface area contributed by atoms with Crippen LogP contribution in [0.5, 0.6) is 0 Å². The molecule has 5 heteroatoms. The van der Waals surface area contributed by atoms with Crippen LogP contribution in [0.2, 0.25) is 0 Å². The summed E-state index contributed by atoms with van der Waals surface area (Å²) in [5, 5.41) is 0. The van der Waals surface area contributed by atoms with Crippen molar-refractivity contribution < 1.29 is 17.9 Å². The first-order valence-corrected chi connectivity index (χ1v) is 4.91. The maximum atomic E-state index is 11.8. The zero-order chi connectivity index (χ0) is 12.0. The third-order valence-corrected chi connectivity index (χ3v) is 1.94. The lowest BCUT2D eigenvalue weighted by Crippen LogP contribution is -2.31. The van der Waals surface area contributed by atoms with Crippen LogP contribution in [-0.4, -0.2) is 25.4 Å². The van der Waals surface area contributed by atoms with Gasteiger partial charge in [0.15, 0.2) is 0 Å². The Hall–Kier alpha value is -1.07. The molecule has 0 aliphatic carbocycles. The summed E-state index contributed by atoms with van der Waals surface area (Å²) in [5.41, 5.74) is 6.63. The summed E-state index contributed by atoms with van der Waals surface area (Å²) in [5.74, 6) is 0. The molecular formula is C11H14F3NO. The highest BCUT2D eigenvalue weighted by atomic mass is 19.4. The molecule has 0 spiro atoms. The Morgan fingerprint density at radius 1 is 1.19 bits per heavy atom. The lowest BCUT2D eigenvalue weighted by atomic mass is 10.1. The van der Waals surface area contributed by atoms with Gasteiger partial charge >= 0.3 is 6.18 Å². The fourth-order valence-electron chi connectivity index (χ4n) is 1.30. The van der Waals surface area contributed by atoms with Gasteiger partial charge in [0.05, 0.1) is 6.61 Å². The Morgan fingerprint density at radius 3 is 2.38 bits per heavy atom. The minimum Gasteiger partial charge on any atom is -0.370 e. The predicted molar refractivity (Wildman–Crippen MR) is 55.0 cm³/mol. The van der Waals surface area contributed by atoms with Crippen LogP contribution in [0.25, 0.3) is 0 Å². The van der Waals surface area contributed by atoms with Gasteiger partial charge in [-0.25, -0.2) is 0 Å². The number of ether oxygens (including phenoxy) is 1. The molecule has 90 valence electrons. The predicted octanol–water partition coefficient (Wildman–Crippen LogP) is 2.14. The summed E-state index contributed by atoms with van der Waals surface area (Å²) >= 11 is 0. The van der Waals surface area contributed by atoms with E-state index in [2.05, 4.69) is 4.74 Å². The van der Waals surface area contributed by atoms with Gasteiger partial charge < -0.3 is 10.5 Å². The number of hydrogen-bond donors (Lipinski definition) is 1. The maximum absolute atomic E-state index is 11.8. The normalized spacial score (nSPS) is 13.8. The van der Waals surface area contributed by atoms with Crippen LogP contribution in [0.1, 0.15) is 5.56 Å². The van der Waals surface area contributed by atoms with Crippen molar-refractivity contribution in [3.8, 4) is 0 Å². The summed E-state index contributed by atoms with van der Waals surface area (Å²) in [4.78, 5) is 0. The van der Waals surface area contributed by atoms with Crippen molar-refractivity contribution >= 4 is 0 Å². The molecule has 1 atom stereocenters. The first-order valence-electron chi connectivity index (χ1n) is 4.91. The Bertz CT molecular complexity index is 300. The Balaban J connectivity index is 2.24. The smallest absolute Gasteiger partial charge is 0.370 e. The fraction of sp³-hybridized carbons (Fsp3) is 0.455. The molecular weight excluding hydrogens is 219 g/mol. The number of benzene rings is 1. The molecule has 1 rings (SSSR count). The summed E-state index contributed by atoms with van der Waals surface area (Å²) in [6.45, 7) is -1.33. The van der Waals surface area contributed by atoms with E-state index in [0.717, 1.165) is 5.56 Å². The van der Waals surface area contributed by atoms with Crippen LogP contribution in [0, 0.1) is 0 Å². The van der Waals surface area contributed by atoms with E-state index in [9.17, 15) is 13.2 Å². The maximum Gasteiger partial charge on any atom is 0.411 e. The van der Waals surface area contributed by atoms with Gasteiger partial charge in [-0.15, -0.1) is 0 Å². The molecule has 0 aliphatic heterocycles. The SMILES string of the molecule is NC(COCC(F)(F)F)Cc1ccccc1. The summed E-state index contributed by atoms with van der Waals surface area (Å²) in [7, 11) is 0. The monoisotopic (exact) mass is 233 g/mol. The zero-order valence-corrected chi connectivity index (χ0v) is 8.70. The molecule has 0 bridgehead atoms. The molecule has 1 unspecified atom stereocenters. The van der Waals surface area contributed by atoms with Crippen molar-refractivity contribution in [1.82, 2.24) is 0 Å². The zero-order valence-electron chi connectivity index (χ0n) is 8.70. The third kappa shape index (κ3) is 5.72. The number of alkyl halides is 3. The molecule has 0 fully saturated rings. The van der Waals surface area contributed by atoms with Crippen LogP contribution in [-0.2, 0) is 11.2 Å². The van der Waals surface area contributed by atoms with E-state index in [0.29, 0.717) is 6.42 Å². The Kier molecular flexibility index (Phi) is 4.76. The first-order chi connectivity index (χ1) is 7.47. The second-order valence-electron chi connectivity index (χ2n) is 3.58. The molecule has 0 amide bonds. The third-order valence-electron chi connectivity index (χ3n) is 1.94. The van der Waals surface area contributed by atoms with Crippen LogP contribution >= 0.6 is 0 Å². The van der Waals surface area contributed by atoms with Crippen LogP contribution in [0.3, 0.4) is 0 Å². The van der Waals surface area contributed by atoms with Crippen molar-refractivity contribution in [2.45, 2.75) is 18.6 Å². The minimum atomic E-state index is -4.29. The molecule has 0 radical (unpaired) electrons. The second kappa shape index (κ2) is 5.86. The molecule has 0 saturated heterocycles. The highest BCUT2D eigenvalue weighted by molar-refractivity contribution is 5.15. The lowest BCUT2D eigenvalue weighted by Gasteiger charge is -2.13. The van der Waals surface area contributed by atoms with Gasteiger partial charge in [0, 0.05) is 6.04 Å². The summed E-state index contributed by atoms with van der Waals surface area (Å²) in [6.07, 6.45) is -3.77. The number of rotatable bonds is 5. The molecule has 1 aromatic rings. The first kappa shape index (κ1) is 13.0. The quantitative estimate of drug-likeness (QED) is 0.845. The molecule has 2 nitrogen and oxygen atoms in total. The average molecular weight is 233 g/mol. The highest BCUT2D eigenvalue weighted by Gasteiger charge is 2.27. The fourth-order valence-corrected chi connectivity index (χ4v) is 1.30. The van der Waals surface area contributed by atoms with Crippen molar-refractivity contribution in [1.29, 1.82) is 0 Å². The number of halogens is 3. The van der Waals surface area contributed by atoms with E-state index in [4.69, 9.17) is 5.73 Å². The van der Waals surface area contributed by atoms with Gasteiger partial charge in [-0.1, -0.05) is 30.3 Å². The number of nitrogens with two attached hydrogens (primary N) is 1. The topological polar surface area (TPSA) is 35.2 Å². The van der Waals surface area contributed by atoms with Crippen molar-refractivity contribution in [2.75, 3.05) is 13.2 Å². The van der Waals surface area contributed by atoms with Crippen LogP contribution in [0.4, 0.5) is 13.2 Å². The lowest BCUT2D eigenvalue weighted by molar-refractivity contribution is -0.174. The van der Waals surface area contributed by atoms with E-state index < -0.39 is 18.8 Å². The molecule has 2 N–H and O–H groups in total. The van der Waals surface area contributed by atoms with E-state index in [1.54, 1.807) is 0 Å². The second-order valence-corrected chi connectivity index (χ2v) is 3.58. The van der Waals surface area contributed by atoms with Crippen LogP contribution < -0.4 is 5.73 Å². The highest BCUT2D eigenvalue weighted by Crippen LogP contribution is 2.14. The van der Waals surface area contributed by atoms with E-state index in [1.807, 2.05) is 30.3 Å². The largest absolute Gasteiger partial charge is 0.411 e. The molecule has 0 saturated carbocycles. The van der Waals surface area contributed by atoms with Gasteiger partial charge in [0.25, 0.3) is 0 Å². The average Bonchev–Trinajstić information content (AvgIpc) is 2.17. The molecule has 16 heavy (non-hydrogen) atoms. The molecule has 0 aliphatic rings. The van der Waals surface area contributed by atoms with E-state index in [-0.39, 0.29) is 6.61 Å².